The van der Waals surface area contributed by atoms with Gasteiger partial charge in [-0.2, -0.15) is 0 Å². The van der Waals surface area contributed by atoms with Crippen molar-refractivity contribution in [1.29, 1.82) is 0 Å². The second-order valence-electron chi connectivity index (χ2n) is 6.98. The molecule has 2 N–H and O–H groups in total. The molecular formula is C21H31IN6. The Hall–Kier alpha value is -1.87. The van der Waals surface area contributed by atoms with Crippen molar-refractivity contribution in [2.45, 2.75) is 19.5 Å². The van der Waals surface area contributed by atoms with Gasteiger partial charge in [-0.1, -0.05) is 36.4 Å². The number of likely N-dealkylation sites (N-methyl/N-ethyl adjacent to an activating group) is 1. The predicted octanol–water partition coefficient (Wildman–Crippen LogP) is 2.88. The van der Waals surface area contributed by atoms with Gasteiger partial charge in [0.25, 0.3) is 0 Å². The van der Waals surface area contributed by atoms with Gasteiger partial charge in [-0.3, -0.25) is 4.99 Å². The molecule has 1 aliphatic heterocycles. The minimum Gasteiger partial charge on any atom is -0.354 e. The van der Waals surface area contributed by atoms with Crippen LogP contribution >= 0.6 is 24.0 Å². The Morgan fingerprint density at radius 3 is 2.50 bits per heavy atom. The van der Waals surface area contributed by atoms with Crippen molar-refractivity contribution in [3.8, 4) is 0 Å². The summed E-state index contributed by atoms with van der Waals surface area (Å²) in [6, 6.07) is 14.7. The summed E-state index contributed by atoms with van der Waals surface area (Å²) in [5.74, 6) is 1.86. The van der Waals surface area contributed by atoms with E-state index in [0.717, 1.165) is 38.0 Å². The summed E-state index contributed by atoms with van der Waals surface area (Å²) in [6.45, 7) is 7.00. The maximum atomic E-state index is 4.65. The van der Waals surface area contributed by atoms with E-state index in [1.165, 1.54) is 11.1 Å². The maximum Gasteiger partial charge on any atom is 0.191 e. The third kappa shape index (κ3) is 6.07. The van der Waals surface area contributed by atoms with Crippen molar-refractivity contribution in [3.63, 3.8) is 0 Å². The first-order valence-electron chi connectivity index (χ1n) is 9.57. The van der Waals surface area contributed by atoms with Crippen molar-refractivity contribution in [1.82, 2.24) is 20.5 Å². The molecule has 1 aromatic heterocycles. The average molecular weight is 494 g/mol. The molecule has 2 heterocycles. The van der Waals surface area contributed by atoms with Crippen molar-refractivity contribution in [3.05, 3.63) is 59.8 Å². The van der Waals surface area contributed by atoms with E-state index in [1.54, 1.807) is 7.05 Å². The third-order valence-electron chi connectivity index (χ3n) is 4.99. The van der Waals surface area contributed by atoms with Crippen LogP contribution in [0.5, 0.6) is 0 Å². The molecule has 0 aliphatic carbocycles. The van der Waals surface area contributed by atoms with Gasteiger partial charge >= 0.3 is 0 Å². The molecular weight excluding hydrogens is 463 g/mol. The van der Waals surface area contributed by atoms with Gasteiger partial charge in [-0.15, -0.1) is 24.0 Å². The van der Waals surface area contributed by atoms with E-state index in [9.17, 15) is 0 Å². The van der Waals surface area contributed by atoms with Crippen molar-refractivity contribution in [2.24, 2.45) is 4.99 Å². The van der Waals surface area contributed by atoms with E-state index in [0.29, 0.717) is 6.54 Å². The number of pyridine rings is 1. The number of anilines is 1. The number of rotatable bonds is 5. The zero-order chi connectivity index (χ0) is 19.1. The van der Waals surface area contributed by atoms with Gasteiger partial charge in [0.2, 0.25) is 0 Å². The highest BCUT2D eigenvalue weighted by molar-refractivity contribution is 14.0. The molecule has 0 amide bonds. The van der Waals surface area contributed by atoms with Crippen LogP contribution in [0, 0.1) is 0 Å². The number of aromatic nitrogens is 1. The highest BCUT2D eigenvalue weighted by Crippen LogP contribution is 2.18. The minimum absolute atomic E-state index is 0. The molecule has 7 heteroatoms. The molecule has 3 rings (SSSR count). The molecule has 152 valence electrons. The zero-order valence-electron chi connectivity index (χ0n) is 16.9. The van der Waals surface area contributed by atoms with Crippen LogP contribution in [0.3, 0.4) is 0 Å². The van der Waals surface area contributed by atoms with E-state index in [2.05, 4.69) is 74.7 Å². The molecule has 1 fully saturated rings. The van der Waals surface area contributed by atoms with Crippen LogP contribution in [0.4, 0.5) is 5.82 Å². The van der Waals surface area contributed by atoms with Crippen LogP contribution in [0.15, 0.2) is 53.7 Å². The Labute approximate surface area is 185 Å². The summed E-state index contributed by atoms with van der Waals surface area (Å²) < 4.78 is 0. The van der Waals surface area contributed by atoms with E-state index in [-0.39, 0.29) is 30.0 Å². The van der Waals surface area contributed by atoms with Gasteiger partial charge in [-0.05, 0) is 25.6 Å². The van der Waals surface area contributed by atoms with Crippen LogP contribution in [0.1, 0.15) is 24.1 Å². The summed E-state index contributed by atoms with van der Waals surface area (Å²) in [6.07, 6.45) is 1.88. The Balaban J connectivity index is 0.00000280. The SMILES string of the molecule is CN=C(NCc1cccnc1N1CCN(C)CC1)NC(C)c1ccccc1.I. The van der Waals surface area contributed by atoms with Crippen molar-refractivity contribution < 1.29 is 0 Å². The Morgan fingerprint density at radius 2 is 1.82 bits per heavy atom. The second kappa shape index (κ2) is 11.2. The fraction of sp³-hybridized carbons (Fsp3) is 0.429. The van der Waals surface area contributed by atoms with Gasteiger partial charge in [0.1, 0.15) is 5.82 Å². The van der Waals surface area contributed by atoms with E-state index < -0.39 is 0 Å². The molecule has 0 bridgehead atoms. The van der Waals surface area contributed by atoms with Crippen LogP contribution < -0.4 is 15.5 Å². The van der Waals surface area contributed by atoms with Gasteiger partial charge in [0.15, 0.2) is 5.96 Å². The molecule has 1 saturated heterocycles. The molecule has 1 aromatic carbocycles. The topological polar surface area (TPSA) is 55.8 Å². The van der Waals surface area contributed by atoms with Crippen LogP contribution in [-0.2, 0) is 6.54 Å². The number of hydrogen-bond acceptors (Lipinski definition) is 4. The molecule has 2 aromatic rings. The standard InChI is InChI=1S/C21H30N6.HI/c1-17(18-8-5-4-6-9-18)25-21(22-2)24-16-19-10-7-11-23-20(19)27-14-12-26(3)13-15-27;/h4-11,17H,12-16H2,1-3H3,(H2,22,24,25);1H. The predicted molar refractivity (Wildman–Crippen MR) is 128 cm³/mol. The van der Waals surface area contributed by atoms with Gasteiger partial charge in [0, 0.05) is 51.5 Å². The molecule has 28 heavy (non-hydrogen) atoms. The quantitative estimate of drug-likeness (QED) is 0.381. The second-order valence-corrected chi connectivity index (χ2v) is 6.98. The Morgan fingerprint density at radius 1 is 1.11 bits per heavy atom. The smallest absolute Gasteiger partial charge is 0.191 e. The number of hydrogen-bond donors (Lipinski definition) is 2. The maximum absolute atomic E-state index is 4.65. The molecule has 1 aliphatic rings. The van der Waals surface area contributed by atoms with E-state index >= 15 is 0 Å². The highest BCUT2D eigenvalue weighted by atomic mass is 127. The monoisotopic (exact) mass is 494 g/mol. The molecule has 0 spiro atoms. The van der Waals surface area contributed by atoms with E-state index in [4.69, 9.17) is 0 Å². The largest absolute Gasteiger partial charge is 0.354 e. The lowest BCUT2D eigenvalue weighted by Crippen LogP contribution is -2.45. The van der Waals surface area contributed by atoms with Gasteiger partial charge in [0.05, 0.1) is 6.04 Å². The minimum atomic E-state index is 0. The summed E-state index contributed by atoms with van der Waals surface area (Å²) in [5, 5.41) is 6.89. The number of aliphatic imine (C=N–C) groups is 1. The fourth-order valence-electron chi connectivity index (χ4n) is 3.27. The zero-order valence-corrected chi connectivity index (χ0v) is 19.3. The van der Waals surface area contributed by atoms with Crippen LogP contribution in [0.25, 0.3) is 0 Å². The first-order chi connectivity index (χ1) is 13.2. The molecule has 6 nitrogen and oxygen atoms in total. The molecule has 0 radical (unpaired) electrons. The first kappa shape index (κ1) is 22.4. The third-order valence-corrected chi connectivity index (χ3v) is 4.99. The lowest BCUT2D eigenvalue weighted by Gasteiger charge is -2.34. The van der Waals surface area contributed by atoms with Crippen LogP contribution in [-0.4, -0.2) is 56.1 Å². The van der Waals surface area contributed by atoms with E-state index in [1.807, 2.05) is 18.3 Å². The number of benzene rings is 1. The van der Waals surface area contributed by atoms with Gasteiger partial charge < -0.3 is 20.4 Å². The van der Waals surface area contributed by atoms with Crippen molar-refractivity contribution in [2.75, 3.05) is 45.2 Å². The van der Waals surface area contributed by atoms with Gasteiger partial charge in [-0.25, -0.2) is 4.98 Å². The Bertz CT molecular complexity index is 744. The molecule has 0 saturated carbocycles. The first-order valence-corrected chi connectivity index (χ1v) is 9.57. The average Bonchev–Trinajstić information content (AvgIpc) is 2.72. The number of nitrogens with one attached hydrogen (secondary N) is 2. The summed E-state index contributed by atoms with van der Waals surface area (Å²) in [7, 11) is 3.97. The van der Waals surface area contributed by atoms with Crippen LogP contribution in [0.2, 0.25) is 0 Å². The number of guanidine groups is 1. The summed E-state index contributed by atoms with van der Waals surface area (Å²) >= 11 is 0. The lowest BCUT2D eigenvalue weighted by molar-refractivity contribution is 0.312. The fourth-order valence-corrected chi connectivity index (χ4v) is 3.27. The number of piperazine rings is 1. The molecule has 1 atom stereocenters. The summed E-state index contributed by atoms with van der Waals surface area (Å²) in [5.41, 5.74) is 2.43. The molecule has 1 unspecified atom stereocenters. The lowest BCUT2D eigenvalue weighted by atomic mass is 10.1. The Kier molecular flexibility index (Phi) is 8.98. The summed E-state index contributed by atoms with van der Waals surface area (Å²) in [4.78, 5) is 13.8. The normalized spacial score (nSPS) is 16.2. The number of nitrogens with zero attached hydrogens (tertiary/aromatic N) is 4. The van der Waals surface area contributed by atoms with Crippen molar-refractivity contribution >= 4 is 35.8 Å². The number of halogens is 1. The highest BCUT2D eigenvalue weighted by Gasteiger charge is 2.18.